The van der Waals surface area contributed by atoms with E-state index < -0.39 is 0 Å². The molecule has 4 heteroatoms. The van der Waals surface area contributed by atoms with E-state index in [1.807, 2.05) is 19.2 Å². The molecule has 0 heterocycles. The van der Waals surface area contributed by atoms with Crippen LogP contribution in [0.2, 0.25) is 10.0 Å². The summed E-state index contributed by atoms with van der Waals surface area (Å²) in [5.41, 5.74) is 0.645. The quantitative estimate of drug-likeness (QED) is 0.901. The van der Waals surface area contributed by atoms with Gasteiger partial charge in [0.15, 0.2) is 0 Å². The van der Waals surface area contributed by atoms with E-state index in [1.165, 1.54) is 0 Å². The SMILES string of the molecule is CNC(c1ccc(Cl)cc1Cl)C1(C#N)CCC1. The summed E-state index contributed by atoms with van der Waals surface area (Å²) in [5.74, 6) is 0. The molecule has 90 valence electrons. The Morgan fingerprint density at radius 2 is 2.12 bits per heavy atom. The maximum Gasteiger partial charge on any atom is 0.0768 e. The average molecular weight is 269 g/mol. The normalized spacial score (nSPS) is 19.2. The van der Waals surface area contributed by atoms with Gasteiger partial charge in [0.05, 0.1) is 17.5 Å². The third-order valence-corrected chi connectivity index (χ3v) is 4.15. The van der Waals surface area contributed by atoms with E-state index in [0.29, 0.717) is 10.0 Å². The maximum atomic E-state index is 9.39. The fourth-order valence-electron chi connectivity index (χ4n) is 2.49. The number of rotatable bonds is 3. The van der Waals surface area contributed by atoms with Crippen LogP contribution in [0.25, 0.3) is 0 Å². The van der Waals surface area contributed by atoms with Crippen molar-refractivity contribution in [2.24, 2.45) is 5.41 Å². The van der Waals surface area contributed by atoms with Crippen LogP contribution in [0.15, 0.2) is 18.2 Å². The minimum atomic E-state index is -0.313. The van der Waals surface area contributed by atoms with Gasteiger partial charge in [-0.15, -0.1) is 0 Å². The summed E-state index contributed by atoms with van der Waals surface area (Å²) in [5, 5.41) is 13.9. The summed E-state index contributed by atoms with van der Waals surface area (Å²) < 4.78 is 0. The van der Waals surface area contributed by atoms with Crippen LogP contribution in [0.1, 0.15) is 30.9 Å². The molecule has 0 aromatic heterocycles. The Hall–Kier alpha value is -0.750. The number of hydrogen-bond donors (Lipinski definition) is 1. The van der Waals surface area contributed by atoms with Crippen LogP contribution in [-0.4, -0.2) is 7.05 Å². The van der Waals surface area contributed by atoms with E-state index in [-0.39, 0.29) is 11.5 Å². The van der Waals surface area contributed by atoms with Gasteiger partial charge >= 0.3 is 0 Å². The molecule has 1 aliphatic carbocycles. The Bertz CT molecular complexity index is 461. The molecule has 2 nitrogen and oxygen atoms in total. The van der Waals surface area contributed by atoms with Crippen molar-refractivity contribution >= 4 is 23.2 Å². The van der Waals surface area contributed by atoms with Gasteiger partial charge in [-0.1, -0.05) is 35.7 Å². The van der Waals surface area contributed by atoms with Crippen molar-refractivity contribution in [3.63, 3.8) is 0 Å². The summed E-state index contributed by atoms with van der Waals surface area (Å²) in [6.07, 6.45) is 2.96. The Morgan fingerprint density at radius 3 is 2.53 bits per heavy atom. The highest BCUT2D eigenvalue weighted by atomic mass is 35.5. The number of nitriles is 1. The van der Waals surface area contributed by atoms with E-state index >= 15 is 0 Å². The van der Waals surface area contributed by atoms with Crippen LogP contribution in [0.3, 0.4) is 0 Å². The number of hydrogen-bond acceptors (Lipinski definition) is 2. The van der Waals surface area contributed by atoms with Crippen molar-refractivity contribution in [3.8, 4) is 6.07 Å². The fourth-order valence-corrected chi connectivity index (χ4v) is 3.01. The topological polar surface area (TPSA) is 35.8 Å². The molecule has 0 aliphatic heterocycles. The Morgan fingerprint density at radius 1 is 1.41 bits per heavy atom. The lowest BCUT2D eigenvalue weighted by Gasteiger charge is -2.42. The highest BCUT2D eigenvalue weighted by Gasteiger charge is 2.45. The Balaban J connectivity index is 2.39. The van der Waals surface area contributed by atoms with Gasteiger partial charge in [0, 0.05) is 10.0 Å². The Labute approximate surface area is 112 Å². The van der Waals surface area contributed by atoms with Crippen molar-refractivity contribution in [2.75, 3.05) is 7.05 Å². The van der Waals surface area contributed by atoms with E-state index in [4.69, 9.17) is 23.2 Å². The highest BCUT2D eigenvalue weighted by molar-refractivity contribution is 6.35. The van der Waals surface area contributed by atoms with Gasteiger partial charge in [-0.05, 0) is 37.6 Å². The predicted molar refractivity (Wildman–Crippen MR) is 70.2 cm³/mol. The summed E-state index contributed by atoms with van der Waals surface area (Å²) in [6, 6.07) is 7.88. The van der Waals surface area contributed by atoms with E-state index in [0.717, 1.165) is 24.8 Å². The molecule has 1 saturated carbocycles. The first-order valence-corrected chi connectivity index (χ1v) is 6.42. The third kappa shape index (κ3) is 2.15. The van der Waals surface area contributed by atoms with Crippen LogP contribution in [0.4, 0.5) is 0 Å². The number of nitrogens with one attached hydrogen (secondary N) is 1. The molecule has 0 spiro atoms. The number of nitrogens with zero attached hydrogens (tertiary/aromatic N) is 1. The van der Waals surface area contributed by atoms with Crippen LogP contribution >= 0.6 is 23.2 Å². The van der Waals surface area contributed by atoms with Crippen molar-refractivity contribution in [1.82, 2.24) is 5.32 Å². The largest absolute Gasteiger partial charge is 0.312 e. The minimum absolute atomic E-state index is 0.0222. The average Bonchev–Trinajstić information content (AvgIpc) is 2.24. The highest BCUT2D eigenvalue weighted by Crippen LogP contribution is 2.50. The zero-order valence-electron chi connectivity index (χ0n) is 9.63. The Kier molecular flexibility index (Phi) is 3.63. The number of halogens is 2. The molecule has 0 bridgehead atoms. The van der Waals surface area contributed by atoms with Gasteiger partial charge in [0.1, 0.15) is 0 Å². The van der Waals surface area contributed by atoms with Crippen molar-refractivity contribution in [2.45, 2.75) is 25.3 Å². The molecule has 1 aliphatic rings. The summed E-state index contributed by atoms with van der Waals surface area (Å²) in [6.45, 7) is 0. The van der Waals surface area contributed by atoms with E-state index in [2.05, 4.69) is 11.4 Å². The zero-order valence-corrected chi connectivity index (χ0v) is 11.1. The van der Waals surface area contributed by atoms with Gasteiger partial charge in [-0.3, -0.25) is 0 Å². The maximum absolute atomic E-state index is 9.39. The third-order valence-electron chi connectivity index (χ3n) is 3.58. The van der Waals surface area contributed by atoms with Crippen LogP contribution in [-0.2, 0) is 0 Å². The second-order valence-electron chi connectivity index (χ2n) is 4.51. The van der Waals surface area contributed by atoms with Gasteiger partial charge in [-0.2, -0.15) is 5.26 Å². The molecular formula is C13H14Cl2N2. The summed E-state index contributed by atoms with van der Waals surface area (Å²) in [4.78, 5) is 0. The molecule has 1 N–H and O–H groups in total. The molecule has 1 aromatic rings. The first kappa shape index (κ1) is 12.7. The molecule has 1 aromatic carbocycles. The zero-order chi connectivity index (χ0) is 12.5. The lowest BCUT2D eigenvalue weighted by atomic mass is 9.63. The molecule has 1 unspecified atom stereocenters. The van der Waals surface area contributed by atoms with Crippen molar-refractivity contribution in [3.05, 3.63) is 33.8 Å². The monoisotopic (exact) mass is 268 g/mol. The lowest BCUT2D eigenvalue weighted by molar-refractivity contribution is 0.149. The van der Waals surface area contributed by atoms with Crippen LogP contribution < -0.4 is 5.32 Å². The second-order valence-corrected chi connectivity index (χ2v) is 5.35. The predicted octanol–water partition coefficient (Wildman–Crippen LogP) is 3.95. The summed E-state index contributed by atoms with van der Waals surface area (Å²) >= 11 is 12.1. The second kappa shape index (κ2) is 4.86. The van der Waals surface area contributed by atoms with E-state index in [1.54, 1.807) is 6.07 Å². The molecule has 2 rings (SSSR count). The standard InChI is InChI=1S/C13H14Cl2N2/c1-17-12(13(8-16)5-2-6-13)10-4-3-9(14)7-11(10)15/h3-4,7,12,17H,2,5-6H2,1H3. The molecule has 1 atom stereocenters. The van der Waals surface area contributed by atoms with Crippen LogP contribution in [0.5, 0.6) is 0 Å². The molecule has 17 heavy (non-hydrogen) atoms. The molecule has 0 saturated heterocycles. The molecule has 0 radical (unpaired) electrons. The summed E-state index contributed by atoms with van der Waals surface area (Å²) in [7, 11) is 1.87. The van der Waals surface area contributed by atoms with Gasteiger partial charge in [0.25, 0.3) is 0 Å². The first-order valence-electron chi connectivity index (χ1n) is 5.66. The van der Waals surface area contributed by atoms with E-state index in [9.17, 15) is 5.26 Å². The fraction of sp³-hybridized carbons (Fsp3) is 0.462. The first-order chi connectivity index (χ1) is 8.13. The van der Waals surface area contributed by atoms with Crippen LogP contribution in [0, 0.1) is 16.7 Å². The van der Waals surface area contributed by atoms with Crippen molar-refractivity contribution < 1.29 is 0 Å². The molecule has 0 amide bonds. The molecular weight excluding hydrogens is 255 g/mol. The molecule has 1 fully saturated rings. The smallest absolute Gasteiger partial charge is 0.0768 e. The lowest BCUT2D eigenvalue weighted by Crippen LogP contribution is -2.41. The van der Waals surface area contributed by atoms with Gasteiger partial charge in [-0.25, -0.2) is 0 Å². The van der Waals surface area contributed by atoms with Crippen molar-refractivity contribution in [1.29, 1.82) is 5.26 Å². The van der Waals surface area contributed by atoms with Gasteiger partial charge in [0.2, 0.25) is 0 Å². The minimum Gasteiger partial charge on any atom is -0.312 e. The van der Waals surface area contributed by atoms with Gasteiger partial charge < -0.3 is 5.32 Å². The number of benzene rings is 1.